The Bertz CT molecular complexity index is 712. The summed E-state index contributed by atoms with van der Waals surface area (Å²) in [5.41, 5.74) is 0.943. The van der Waals surface area contributed by atoms with Crippen LogP contribution in [0.25, 0.3) is 0 Å². The first-order valence-electron chi connectivity index (χ1n) is 11.1. The lowest BCUT2D eigenvalue weighted by Crippen LogP contribution is -2.48. The van der Waals surface area contributed by atoms with Crippen molar-refractivity contribution in [3.63, 3.8) is 0 Å². The van der Waals surface area contributed by atoms with Crippen LogP contribution in [-0.4, -0.2) is 55.7 Å². The van der Waals surface area contributed by atoms with Crippen LogP contribution in [0.2, 0.25) is 18.1 Å². The molecule has 31 heavy (non-hydrogen) atoms. The van der Waals surface area contributed by atoms with Gasteiger partial charge in [-0.15, -0.1) is 0 Å². The molecule has 1 aliphatic rings. The van der Waals surface area contributed by atoms with Gasteiger partial charge in [-0.1, -0.05) is 51.1 Å². The van der Waals surface area contributed by atoms with Crippen LogP contribution in [0.5, 0.6) is 0 Å². The summed E-state index contributed by atoms with van der Waals surface area (Å²) >= 11 is 0. The number of hydrogen-bond donors (Lipinski definition) is 2. The zero-order valence-electron chi connectivity index (χ0n) is 19.5. The second-order valence-corrected chi connectivity index (χ2v) is 14.6. The second kappa shape index (κ2) is 11.0. The van der Waals surface area contributed by atoms with E-state index in [2.05, 4.69) is 39.2 Å². The molecule has 2 N–H and O–H groups in total. The highest BCUT2D eigenvalue weighted by Gasteiger charge is 2.37. The van der Waals surface area contributed by atoms with Crippen LogP contribution in [0.4, 0.5) is 9.59 Å². The number of nitrogens with one attached hydrogen (secondary N) is 1. The summed E-state index contributed by atoms with van der Waals surface area (Å²) in [5, 5.41) is 12.7. The van der Waals surface area contributed by atoms with Crippen LogP contribution < -0.4 is 5.32 Å². The van der Waals surface area contributed by atoms with Gasteiger partial charge in [0.2, 0.25) is 0 Å². The summed E-state index contributed by atoms with van der Waals surface area (Å²) in [5.74, 6) is 0. The van der Waals surface area contributed by atoms with Crippen molar-refractivity contribution in [2.24, 2.45) is 0 Å². The fraction of sp³-hybridized carbons (Fsp3) is 0.652. The Balaban J connectivity index is 1.75. The number of hydrogen-bond acceptors (Lipinski definition) is 4. The average molecular weight is 451 g/mol. The van der Waals surface area contributed by atoms with E-state index in [1.807, 2.05) is 30.3 Å². The van der Waals surface area contributed by atoms with Crippen LogP contribution in [0.1, 0.15) is 52.0 Å². The highest BCUT2D eigenvalue weighted by atomic mass is 28.4. The average Bonchev–Trinajstić information content (AvgIpc) is 2.70. The first-order chi connectivity index (χ1) is 14.5. The van der Waals surface area contributed by atoms with Crippen LogP contribution in [-0.2, 0) is 15.8 Å². The van der Waals surface area contributed by atoms with Gasteiger partial charge in [-0.3, -0.25) is 0 Å². The van der Waals surface area contributed by atoms with Gasteiger partial charge in [0.25, 0.3) is 0 Å². The smallest absolute Gasteiger partial charge is 0.407 e. The van der Waals surface area contributed by atoms with Crippen LogP contribution in [0.15, 0.2) is 30.3 Å². The van der Waals surface area contributed by atoms with Crippen molar-refractivity contribution in [1.82, 2.24) is 10.2 Å². The predicted octanol–water partition coefficient (Wildman–Crippen LogP) is 5.23. The van der Waals surface area contributed by atoms with Gasteiger partial charge in [-0.05, 0) is 49.4 Å². The van der Waals surface area contributed by atoms with E-state index >= 15 is 0 Å². The minimum atomic E-state index is -1.90. The van der Waals surface area contributed by atoms with Crippen molar-refractivity contribution in [3.8, 4) is 0 Å². The molecular weight excluding hydrogens is 412 g/mol. The van der Waals surface area contributed by atoms with Crippen molar-refractivity contribution in [2.75, 3.05) is 13.2 Å². The normalized spacial score (nSPS) is 19.5. The molecule has 0 unspecified atom stereocenters. The number of carboxylic acid groups (broad SMARTS) is 1. The number of benzene rings is 1. The molecule has 7 nitrogen and oxygen atoms in total. The number of ether oxygens (including phenoxy) is 1. The molecule has 0 radical (unpaired) electrons. The van der Waals surface area contributed by atoms with Crippen molar-refractivity contribution in [3.05, 3.63) is 35.9 Å². The van der Waals surface area contributed by atoms with Crippen molar-refractivity contribution >= 4 is 20.5 Å². The molecule has 0 bridgehead atoms. The largest absolute Gasteiger partial charge is 0.465 e. The summed E-state index contributed by atoms with van der Waals surface area (Å²) in [7, 11) is -1.90. The lowest BCUT2D eigenvalue weighted by molar-refractivity contribution is 0.0913. The van der Waals surface area contributed by atoms with E-state index < -0.39 is 20.5 Å². The molecular formula is C23H38N2O5Si. The molecule has 0 aliphatic heterocycles. The number of amides is 2. The summed E-state index contributed by atoms with van der Waals surface area (Å²) in [4.78, 5) is 25.4. The molecule has 2 amide bonds. The molecule has 1 aromatic rings. The number of nitrogens with zero attached hydrogens (tertiary/aromatic N) is 1. The van der Waals surface area contributed by atoms with Crippen LogP contribution in [0.3, 0.4) is 0 Å². The fourth-order valence-electron chi connectivity index (χ4n) is 3.51. The number of alkyl carbamates (subject to hydrolysis) is 1. The van der Waals surface area contributed by atoms with E-state index in [0.29, 0.717) is 13.2 Å². The van der Waals surface area contributed by atoms with Crippen LogP contribution >= 0.6 is 0 Å². The molecule has 0 atom stereocenters. The lowest BCUT2D eigenvalue weighted by Gasteiger charge is -2.38. The van der Waals surface area contributed by atoms with Crippen molar-refractivity contribution in [1.29, 1.82) is 0 Å². The van der Waals surface area contributed by atoms with Gasteiger partial charge in [0.05, 0.1) is 6.61 Å². The third kappa shape index (κ3) is 7.85. The quantitative estimate of drug-likeness (QED) is 0.530. The fourth-order valence-corrected chi connectivity index (χ4v) is 4.55. The zero-order valence-corrected chi connectivity index (χ0v) is 20.5. The molecule has 0 heterocycles. The predicted molar refractivity (Wildman–Crippen MR) is 124 cm³/mol. The van der Waals surface area contributed by atoms with Crippen molar-refractivity contribution < 1.29 is 23.9 Å². The maximum Gasteiger partial charge on any atom is 0.407 e. The van der Waals surface area contributed by atoms with Gasteiger partial charge in [0.15, 0.2) is 8.32 Å². The zero-order chi connectivity index (χ0) is 23.1. The number of carbonyl (C=O) groups is 2. The molecule has 1 fully saturated rings. The molecule has 8 heteroatoms. The Morgan fingerprint density at radius 3 is 2.29 bits per heavy atom. The Kier molecular flexibility index (Phi) is 8.94. The van der Waals surface area contributed by atoms with E-state index in [0.717, 1.165) is 31.2 Å². The highest BCUT2D eigenvalue weighted by Crippen LogP contribution is 2.36. The topological polar surface area (TPSA) is 88.1 Å². The van der Waals surface area contributed by atoms with E-state index in [1.54, 1.807) is 0 Å². The van der Waals surface area contributed by atoms with E-state index in [-0.39, 0.29) is 23.7 Å². The monoisotopic (exact) mass is 450 g/mol. The van der Waals surface area contributed by atoms with E-state index in [4.69, 9.17) is 9.16 Å². The maximum atomic E-state index is 12.1. The first kappa shape index (κ1) is 25.2. The molecule has 2 rings (SSSR count). The molecule has 0 saturated heterocycles. The summed E-state index contributed by atoms with van der Waals surface area (Å²) in [6.07, 6.45) is 1.57. The van der Waals surface area contributed by atoms with Gasteiger partial charge in [-0.2, -0.15) is 0 Å². The Hall–Kier alpha value is -2.06. The summed E-state index contributed by atoms with van der Waals surface area (Å²) in [6, 6.07) is 9.52. The molecule has 1 aliphatic carbocycles. The van der Waals surface area contributed by atoms with E-state index in [1.165, 1.54) is 4.90 Å². The SMILES string of the molecule is CC(C)(C)[Si](C)(C)OCCN(C(=O)O)C1CCC(NC(=O)OCc2ccccc2)CC1. The molecule has 1 aromatic carbocycles. The minimum Gasteiger partial charge on any atom is -0.465 e. The Labute approximate surface area is 187 Å². The summed E-state index contributed by atoms with van der Waals surface area (Å²) < 4.78 is 11.5. The van der Waals surface area contributed by atoms with Gasteiger partial charge in [-0.25, -0.2) is 9.59 Å². The molecule has 174 valence electrons. The van der Waals surface area contributed by atoms with Gasteiger partial charge in [0, 0.05) is 18.6 Å². The third-order valence-electron chi connectivity index (χ3n) is 6.52. The molecule has 1 saturated carbocycles. The Morgan fingerprint density at radius 1 is 1.13 bits per heavy atom. The number of rotatable bonds is 8. The Morgan fingerprint density at radius 2 is 1.74 bits per heavy atom. The van der Waals surface area contributed by atoms with Crippen molar-refractivity contribution in [2.45, 2.75) is 83.3 Å². The standard InChI is InChI=1S/C23H38N2O5Si/c1-23(2,3)31(4,5)30-16-15-25(22(27)28)20-13-11-19(12-14-20)24-21(26)29-17-18-9-7-6-8-10-18/h6-10,19-20H,11-17H2,1-5H3,(H,24,26)(H,27,28). The third-order valence-corrected chi connectivity index (χ3v) is 11.1. The van der Waals surface area contributed by atoms with Gasteiger partial charge in [0.1, 0.15) is 6.61 Å². The maximum absolute atomic E-state index is 12.1. The molecule has 0 aromatic heterocycles. The lowest BCUT2D eigenvalue weighted by atomic mass is 9.90. The second-order valence-electron chi connectivity index (χ2n) is 9.80. The first-order valence-corrected chi connectivity index (χ1v) is 14.0. The van der Waals surface area contributed by atoms with Gasteiger partial charge < -0.3 is 24.5 Å². The van der Waals surface area contributed by atoms with E-state index in [9.17, 15) is 14.7 Å². The van der Waals surface area contributed by atoms with Crippen LogP contribution in [0, 0.1) is 0 Å². The minimum absolute atomic E-state index is 0.0126. The molecule has 0 spiro atoms. The summed E-state index contributed by atoms with van der Waals surface area (Å²) in [6.45, 7) is 11.9. The highest BCUT2D eigenvalue weighted by molar-refractivity contribution is 6.74. The number of carbonyl (C=O) groups excluding carboxylic acids is 1. The van der Waals surface area contributed by atoms with Gasteiger partial charge >= 0.3 is 12.2 Å².